The number of carbonyl (C=O) groups excluding carboxylic acids is 2. The summed E-state index contributed by atoms with van der Waals surface area (Å²) in [5.74, 6) is 0.811. The molecule has 1 fully saturated rings. The van der Waals surface area contributed by atoms with Crippen LogP contribution >= 0.6 is 0 Å². The highest BCUT2D eigenvalue weighted by Crippen LogP contribution is 2.27. The third-order valence-electron chi connectivity index (χ3n) is 15.2. The van der Waals surface area contributed by atoms with Gasteiger partial charge in [0.1, 0.15) is 0 Å². The molecular weight excluding hydrogens is 835 g/mol. The summed E-state index contributed by atoms with van der Waals surface area (Å²) in [5, 5.41) is 10.6. The van der Waals surface area contributed by atoms with Gasteiger partial charge in [-0.2, -0.15) is 0 Å². The van der Waals surface area contributed by atoms with Crippen LogP contribution in [0.2, 0.25) is 0 Å². The van der Waals surface area contributed by atoms with Gasteiger partial charge < -0.3 is 14.9 Å². The summed E-state index contributed by atoms with van der Waals surface area (Å²) < 4.78 is 0. The van der Waals surface area contributed by atoms with Crippen molar-refractivity contribution < 1.29 is 14.7 Å². The number of aliphatic hydroxyl groups excluding tert-OH is 1. The second-order valence-electron chi connectivity index (χ2n) is 21.4. The summed E-state index contributed by atoms with van der Waals surface area (Å²) in [6.45, 7) is 19.2. The minimum Gasteiger partial charge on any atom is -0.391 e. The van der Waals surface area contributed by atoms with Gasteiger partial charge in [0.15, 0.2) is 0 Å². The minimum absolute atomic E-state index is 0.152. The van der Waals surface area contributed by atoms with E-state index in [0.717, 1.165) is 90.6 Å². The van der Waals surface area contributed by atoms with Crippen molar-refractivity contribution in [2.45, 2.75) is 349 Å². The molecule has 2 unspecified atom stereocenters. The first kappa shape index (κ1) is 66.9. The molecule has 406 valence electrons. The van der Waals surface area contributed by atoms with E-state index < -0.39 is 0 Å². The lowest BCUT2D eigenvalue weighted by molar-refractivity contribution is -0.132. The van der Waals surface area contributed by atoms with Crippen LogP contribution in [0, 0.1) is 0 Å². The summed E-state index contributed by atoms with van der Waals surface area (Å²) in [6.07, 6.45) is 57.1. The smallest absolute Gasteiger partial charge is 0.222 e. The zero-order valence-corrected chi connectivity index (χ0v) is 47.5. The summed E-state index contributed by atoms with van der Waals surface area (Å²) in [5.41, 5.74) is 0. The van der Waals surface area contributed by atoms with Gasteiger partial charge in [-0.05, 0) is 77.3 Å². The predicted octanol–water partition coefficient (Wildman–Crippen LogP) is 18.7. The first-order chi connectivity index (χ1) is 33.5. The topological polar surface area (TPSA) is 64.1 Å². The van der Waals surface area contributed by atoms with E-state index in [0.29, 0.717) is 17.9 Å². The van der Waals surface area contributed by atoms with Crippen molar-refractivity contribution in [3.05, 3.63) is 0 Å². The summed E-state index contributed by atoms with van der Waals surface area (Å²) in [4.78, 5) is 33.9. The maximum absolute atomic E-state index is 13.4. The molecule has 0 aromatic heterocycles. The van der Waals surface area contributed by atoms with E-state index in [-0.39, 0.29) is 6.10 Å². The Morgan fingerprint density at radius 3 is 0.765 bits per heavy atom. The van der Waals surface area contributed by atoms with Crippen molar-refractivity contribution in [2.75, 3.05) is 39.3 Å². The first-order valence-electron chi connectivity index (χ1n) is 31.5. The Morgan fingerprint density at radius 2 is 0.544 bits per heavy atom. The van der Waals surface area contributed by atoms with Crippen molar-refractivity contribution >= 4 is 11.8 Å². The number of rotatable bonds is 53. The molecule has 6 nitrogen and oxygen atoms in total. The standard InChI is InChI=1S/C60H119N3O3.C2H6/c1-5-9-13-17-21-25-33-43-53-62(54-44-34-26-22-18-14-10-6-2)59(65)47-39-31-29-37-41-51-61(57-49-50-58(57)64)52-42-38-30-32-40-48-60(66)63(55-45-35-27-23-19-15-11-7-3)56-46-36-28-24-20-16-12-8-4;1-2/h57-58,64H,5-56H2,1-4H3;1-2H3. The molecule has 2 amide bonds. The van der Waals surface area contributed by atoms with Gasteiger partial charge in [-0.15, -0.1) is 0 Å². The van der Waals surface area contributed by atoms with Gasteiger partial charge in [-0.25, -0.2) is 0 Å². The van der Waals surface area contributed by atoms with Crippen LogP contribution in [-0.2, 0) is 9.59 Å². The number of unbranched alkanes of at least 4 members (excludes halogenated alkanes) is 36. The lowest BCUT2D eigenvalue weighted by Gasteiger charge is -2.42. The lowest BCUT2D eigenvalue weighted by atomic mass is 9.87. The molecule has 1 rings (SSSR count). The fourth-order valence-corrected chi connectivity index (χ4v) is 10.4. The molecule has 0 bridgehead atoms. The van der Waals surface area contributed by atoms with Gasteiger partial charge in [0.25, 0.3) is 0 Å². The molecule has 1 N–H and O–H groups in total. The normalized spacial score (nSPS) is 14.5. The van der Waals surface area contributed by atoms with Crippen LogP contribution in [-0.4, -0.2) is 83.0 Å². The van der Waals surface area contributed by atoms with E-state index >= 15 is 0 Å². The van der Waals surface area contributed by atoms with Gasteiger partial charge in [0.2, 0.25) is 11.8 Å². The van der Waals surface area contributed by atoms with Crippen LogP contribution in [0.5, 0.6) is 0 Å². The maximum atomic E-state index is 13.4. The monoisotopic (exact) mass is 960 g/mol. The average Bonchev–Trinajstić information content (AvgIpc) is 3.34. The molecule has 0 aromatic carbocycles. The number of carbonyl (C=O) groups is 2. The highest BCUT2D eigenvalue weighted by Gasteiger charge is 2.33. The third-order valence-corrected chi connectivity index (χ3v) is 15.2. The Hall–Kier alpha value is -1.14. The summed E-state index contributed by atoms with van der Waals surface area (Å²) >= 11 is 0. The Morgan fingerprint density at radius 1 is 0.324 bits per heavy atom. The Bertz CT molecular complexity index is 913. The molecule has 1 saturated carbocycles. The number of aliphatic hydroxyl groups is 1. The summed E-state index contributed by atoms with van der Waals surface area (Å²) in [6, 6.07) is 0.349. The van der Waals surface area contributed by atoms with Crippen LogP contribution in [0.15, 0.2) is 0 Å². The molecule has 6 heteroatoms. The van der Waals surface area contributed by atoms with Gasteiger partial charge in [0, 0.05) is 45.1 Å². The van der Waals surface area contributed by atoms with Crippen LogP contribution in [0.25, 0.3) is 0 Å². The zero-order chi connectivity index (χ0) is 49.8. The van der Waals surface area contributed by atoms with Crippen LogP contribution in [0.1, 0.15) is 337 Å². The Kier molecular flexibility index (Phi) is 52.8. The second-order valence-corrected chi connectivity index (χ2v) is 21.4. The summed E-state index contributed by atoms with van der Waals surface area (Å²) in [7, 11) is 0. The molecular formula is C62H125N3O3. The van der Waals surface area contributed by atoms with Gasteiger partial charge in [0.05, 0.1) is 6.10 Å². The molecule has 0 aromatic rings. The van der Waals surface area contributed by atoms with Crippen LogP contribution in [0.4, 0.5) is 0 Å². The maximum Gasteiger partial charge on any atom is 0.222 e. The van der Waals surface area contributed by atoms with Crippen molar-refractivity contribution in [2.24, 2.45) is 0 Å². The molecule has 0 aliphatic heterocycles. The van der Waals surface area contributed by atoms with E-state index in [4.69, 9.17) is 0 Å². The van der Waals surface area contributed by atoms with Crippen LogP contribution < -0.4 is 0 Å². The molecule has 0 spiro atoms. The lowest BCUT2D eigenvalue weighted by Crippen LogP contribution is -2.51. The quantitative estimate of drug-likeness (QED) is 0.0617. The molecule has 2 atom stereocenters. The van der Waals surface area contributed by atoms with E-state index in [1.54, 1.807) is 0 Å². The molecule has 0 radical (unpaired) electrons. The number of nitrogens with zero attached hydrogens (tertiary/aromatic N) is 3. The Labute approximate surface area is 427 Å². The zero-order valence-electron chi connectivity index (χ0n) is 47.5. The molecule has 1 aliphatic carbocycles. The van der Waals surface area contributed by atoms with Crippen molar-refractivity contribution in [3.8, 4) is 0 Å². The van der Waals surface area contributed by atoms with Gasteiger partial charge in [-0.1, -0.05) is 260 Å². The van der Waals surface area contributed by atoms with E-state index in [2.05, 4.69) is 42.4 Å². The van der Waals surface area contributed by atoms with Crippen LogP contribution in [0.3, 0.4) is 0 Å². The van der Waals surface area contributed by atoms with E-state index in [1.165, 1.54) is 244 Å². The van der Waals surface area contributed by atoms with Crippen molar-refractivity contribution in [1.29, 1.82) is 0 Å². The van der Waals surface area contributed by atoms with Gasteiger partial charge >= 0.3 is 0 Å². The number of hydrogen-bond donors (Lipinski definition) is 1. The van der Waals surface area contributed by atoms with Gasteiger partial charge in [-0.3, -0.25) is 14.5 Å². The highest BCUT2D eigenvalue weighted by molar-refractivity contribution is 5.76. The first-order valence-corrected chi connectivity index (χ1v) is 31.5. The number of amides is 2. The average molecular weight is 961 g/mol. The fourth-order valence-electron chi connectivity index (χ4n) is 10.4. The predicted molar refractivity (Wildman–Crippen MR) is 301 cm³/mol. The molecule has 0 saturated heterocycles. The Balaban J connectivity index is 0.0000221. The van der Waals surface area contributed by atoms with Crippen molar-refractivity contribution in [3.63, 3.8) is 0 Å². The number of hydrogen-bond acceptors (Lipinski definition) is 4. The van der Waals surface area contributed by atoms with Crippen molar-refractivity contribution in [1.82, 2.24) is 14.7 Å². The minimum atomic E-state index is -0.152. The molecule has 1 aliphatic rings. The largest absolute Gasteiger partial charge is 0.391 e. The van der Waals surface area contributed by atoms with E-state index in [9.17, 15) is 14.7 Å². The third kappa shape index (κ3) is 41.5. The van der Waals surface area contributed by atoms with E-state index in [1.807, 2.05) is 13.8 Å². The molecule has 68 heavy (non-hydrogen) atoms. The second kappa shape index (κ2) is 53.7. The SMILES string of the molecule is CC.CCCCCCCCCCN(CCCCCCCCCC)C(=O)CCCCCCCN(CCCCCCCC(=O)N(CCCCCCCCCC)CCCCCCCCCC)C1CCC1O. The molecule has 0 heterocycles. The highest BCUT2D eigenvalue weighted by atomic mass is 16.3. The fraction of sp³-hybridized carbons (Fsp3) is 0.968.